The van der Waals surface area contributed by atoms with Crippen LogP contribution in [0.4, 0.5) is 4.79 Å². The second-order valence-electron chi connectivity index (χ2n) is 15.7. The minimum absolute atomic E-state index is 0.145. The third-order valence-electron chi connectivity index (χ3n) is 9.99. The number of alkyl carbamates (subject to hydrolysis) is 1. The maximum atomic E-state index is 14.3. The van der Waals surface area contributed by atoms with Crippen LogP contribution in [0, 0.1) is 11.8 Å². The third-order valence-corrected chi connectivity index (χ3v) is 9.99. The van der Waals surface area contributed by atoms with Gasteiger partial charge in [0.2, 0.25) is 29.4 Å². The molecule has 4 N–H and O–H groups in total. The Morgan fingerprint density at radius 2 is 1.48 bits per heavy atom. The molecular weight excluding hydrogens is 692 g/mol. The highest BCUT2D eigenvalue weighted by Gasteiger charge is 2.44. The minimum atomic E-state index is -1.17. The Kier molecular flexibility index (Phi) is 12.8. The molecule has 1 saturated carbocycles. The molecule has 1 heterocycles. The Labute approximate surface area is 316 Å². The Morgan fingerprint density at radius 3 is 2.07 bits per heavy atom. The van der Waals surface area contributed by atoms with Gasteiger partial charge >= 0.3 is 6.09 Å². The molecule has 0 radical (unpaired) electrons. The number of carbonyl (C=O) groups excluding carboxylic acids is 7. The first-order valence-electron chi connectivity index (χ1n) is 18.7. The van der Waals surface area contributed by atoms with Gasteiger partial charge in [0.1, 0.15) is 23.7 Å². The van der Waals surface area contributed by atoms with Crippen LogP contribution in [0.3, 0.4) is 0 Å². The number of hydrogen-bond acceptors (Lipinski definition) is 8. The van der Waals surface area contributed by atoms with E-state index in [9.17, 15) is 33.6 Å². The van der Waals surface area contributed by atoms with Crippen molar-refractivity contribution in [2.75, 3.05) is 27.2 Å². The number of ketones is 1. The van der Waals surface area contributed by atoms with Gasteiger partial charge in [-0.05, 0) is 81.4 Å². The molecule has 4 atom stereocenters. The summed E-state index contributed by atoms with van der Waals surface area (Å²) in [4.78, 5) is 96.3. The van der Waals surface area contributed by atoms with Crippen LogP contribution in [0.25, 0.3) is 0 Å². The fraction of sp³-hybridized carbons (Fsp3) is 0.525. The Balaban J connectivity index is 1.24. The number of benzene rings is 2. The van der Waals surface area contributed by atoms with Crippen molar-refractivity contribution >= 4 is 41.4 Å². The van der Waals surface area contributed by atoms with Crippen molar-refractivity contribution in [3.63, 3.8) is 0 Å². The van der Waals surface area contributed by atoms with Gasteiger partial charge in [-0.25, -0.2) is 4.79 Å². The van der Waals surface area contributed by atoms with Gasteiger partial charge in [-0.2, -0.15) is 0 Å². The number of nitrogens with one attached hydrogen (secondary N) is 4. The van der Waals surface area contributed by atoms with E-state index in [2.05, 4.69) is 21.3 Å². The number of nitrogens with zero attached hydrogens (tertiary/aromatic N) is 2. The average molecular weight is 745 g/mol. The van der Waals surface area contributed by atoms with E-state index < -0.39 is 71.8 Å². The number of Topliss-reactive ketones (excluding diaryl/α,β-unsaturated/α-hetero) is 1. The summed E-state index contributed by atoms with van der Waals surface area (Å²) in [5, 5.41) is 10.5. The van der Waals surface area contributed by atoms with Crippen molar-refractivity contribution in [3.05, 3.63) is 71.3 Å². The summed E-state index contributed by atoms with van der Waals surface area (Å²) in [6, 6.07) is 12.5. The van der Waals surface area contributed by atoms with Crippen molar-refractivity contribution < 1.29 is 38.3 Å². The van der Waals surface area contributed by atoms with Crippen LogP contribution in [0.5, 0.6) is 0 Å². The number of hydrogen-bond donors (Lipinski definition) is 4. The zero-order chi connectivity index (χ0) is 39.2. The van der Waals surface area contributed by atoms with Gasteiger partial charge in [0.05, 0.1) is 12.6 Å². The molecule has 2 unspecified atom stereocenters. The fourth-order valence-electron chi connectivity index (χ4n) is 7.12. The Morgan fingerprint density at radius 1 is 0.852 bits per heavy atom. The molecule has 2 aliphatic carbocycles. The summed E-state index contributed by atoms with van der Waals surface area (Å²) in [6.45, 7) is 4.92. The van der Waals surface area contributed by atoms with Crippen LogP contribution < -0.4 is 21.3 Å². The second-order valence-corrected chi connectivity index (χ2v) is 15.7. The van der Waals surface area contributed by atoms with Gasteiger partial charge in [-0.15, -0.1) is 0 Å². The Hall–Kier alpha value is -5.27. The predicted octanol–water partition coefficient (Wildman–Crippen LogP) is 2.20. The van der Waals surface area contributed by atoms with Crippen molar-refractivity contribution in [3.8, 4) is 0 Å². The molecule has 2 aromatic carbocycles. The lowest BCUT2D eigenvalue weighted by molar-refractivity contribution is -0.143. The SMILES string of the molecule is CN(C)C(=O)[C@@H](NC(=O)CNC(=O)C(=O)C(CC1CC1)NC(=O)[C@@H]1CCCN1C(=O)C(NC(=O)OC(C)(C)C)C1Cc2ccccc2C1)c1ccccc1. The summed E-state index contributed by atoms with van der Waals surface area (Å²) >= 11 is 0. The van der Waals surface area contributed by atoms with E-state index >= 15 is 0 Å². The molecule has 14 nitrogen and oxygen atoms in total. The van der Waals surface area contributed by atoms with E-state index in [-0.39, 0.29) is 30.7 Å². The average Bonchev–Trinajstić information content (AvgIpc) is 3.62. The molecule has 0 bridgehead atoms. The van der Waals surface area contributed by atoms with Gasteiger partial charge in [0.15, 0.2) is 0 Å². The van der Waals surface area contributed by atoms with Crippen molar-refractivity contribution in [2.24, 2.45) is 11.8 Å². The molecule has 0 spiro atoms. The quantitative estimate of drug-likeness (QED) is 0.212. The molecule has 0 aromatic heterocycles. The van der Waals surface area contributed by atoms with Crippen molar-refractivity contribution in [2.45, 2.75) is 95.5 Å². The molecule has 14 heteroatoms. The summed E-state index contributed by atoms with van der Waals surface area (Å²) in [7, 11) is 3.13. The summed E-state index contributed by atoms with van der Waals surface area (Å²) in [5.41, 5.74) is 1.95. The topological polar surface area (TPSA) is 183 Å². The molecule has 2 aromatic rings. The van der Waals surface area contributed by atoms with Crippen LogP contribution in [0.1, 0.15) is 75.6 Å². The summed E-state index contributed by atoms with van der Waals surface area (Å²) in [5.74, 6) is -4.10. The van der Waals surface area contributed by atoms with E-state index in [1.807, 2.05) is 24.3 Å². The highest BCUT2D eigenvalue weighted by Crippen LogP contribution is 2.34. The lowest BCUT2D eigenvalue weighted by Gasteiger charge is -2.32. The molecule has 2 fully saturated rings. The largest absolute Gasteiger partial charge is 0.444 e. The van der Waals surface area contributed by atoms with Crippen LogP contribution in [-0.4, -0.2) is 102 Å². The number of amides is 6. The smallest absolute Gasteiger partial charge is 0.408 e. The number of rotatable bonds is 14. The normalized spacial score (nSPS) is 18.4. The molecule has 54 heavy (non-hydrogen) atoms. The number of fused-ring (bicyclic) bond motifs is 1. The second kappa shape index (κ2) is 17.3. The molecule has 3 aliphatic rings. The summed E-state index contributed by atoms with van der Waals surface area (Å²) in [6.07, 6.45) is 3.21. The maximum Gasteiger partial charge on any atom is 0.408 e. The zero-order valence-corrected chi connectivity index (χ0v) is 31.7. The van der Waals surface area contributed by atoms with Crippen molar-refractivity contribution in [1.29, 1.82) is 0 Å². The van der Waals surface area contributed by atoms with E-state index in [0.29, 0.717) is 31.2 Å². The monoisotopic (exact) mass is 744 g/mol. The lowest BCUT2D eigenvalue weighted by atomic mass is 9.95. The maximum absolute atomic E-state index is 14.3. The van der Waals surface area contributed by atoms with Crippen LogP contribution in [-0.2, 0) is 46.3 Å². The first kappa shape index (κ1) is 39.9. The number of likely N-dealkylation sites (tertiary alicyclic amines) is 1. The number of carbonyl (C=O) groups is 7. The van der Waals surface area contributed by atoms with E-state index in [1.54, 1.807) is 65.2 Å². The van der Waals surface area contributed by atoms with Crippen molar-refractivity contribution in [1.82, 2.24) is 31.1 Å². The van der Waals surface area contributed by atoms with Gasteiger partial charge < -0.3 is 35.8 Å². The molecule has 1 saturated heterocycles. The van der Waals surface area contributed by atoms with Crippen LogP contribution in [0.2, 0.25) is 0 Å². The molecule has 5 rings (SSSR count). The van der Waals surface area contributed by atoms with E-state index in [4.69, 9.17) is 4.74 Å². The van der Waals surface area contributed by atoms with Gasteiger partial charge in [-0.1, -0.05) is 67.4 Å². The first-order chi connectivity index (χ1) is 25.6. The van der Waals surface area contributed by atoms with Crippen LogP contribution >= 0.6 is 0 Å². The van der Waals surface area contributed by atoms with Gasteiger partial charge in [0, 0.05) is 20.6 Å². The Bertz CT molecular complexity index is 1710. The molecule has 6 amide bonds. The summed E-state index contributed by atoms with van der Waals surface area (Å²) < 4.78 is 5.51. The third kappa shape index (κ3) is 10.4. The first-order valence-corrected chi connectivity index (χ1v) is 18.7. The molecule has 1 aliphatic heterocycles. The van der Waals surface area contributed by atoms with Gasteiger partial charge in [0.25, 0.3) is 5.91 Å². The predicted molar refractivity (Wildman–Crippen MR) is 199 cm³/mol. The van der Waals surface area contributed by atoms with E-state index in [0.717, 1.165) is 24.0 Å². The fourth-order valence-corrected chi connectivity index (χ4v) is 7.12. The van der Waals surface area contributed by atoms with E-state index in [1.165, 1.54) is 9.80 Å². The lowest BCUT2D eigenvalue weighted by Crippen LogP contribution is -2.58. The number of ether oxygens (including phenoxy) is 1. The van der Waals surface area contributed by atoms with Gasteiger partial charge in [-0.3, -0.25) is 28.8 Å². The standard InChI is InChI=1S/C40H52N6O8/c1-40(2,3)54-39(53)44-33(28-21-26-14-9-10-15-27(26)22-28)38(52)46-19-11-16-30(46)35(49)42-29(20-24-17-18-24)34(48)36(50)41-23-31(47)43-32(37(51)45(4)5)25-12-7-6-8-13-25/h6-10,12-15,24,28-30,32-33H,11,16-23H2,1-5H3,(H,41,50)(H,42,49)(H,43,47)(H,44,53)/t29?,30-,32-,33?/m0/s1. The highest BCUT2D eigenvalue weighted by molar-refractivity contribution is 6.38. The number of likely N-dealkylation sites (N-methyl/N-ethyl adjacent to an activating group) is 1. The molecule has 290 valence electrons. The minimum Gasteiger partial charge on any atom is -0.444 e. The van der Waals surface area contributed by atoms with Crippen LogP contribution in [0.15, 0.2) is 54.6 Å². The zero-order valence-electron chi connectivity index (χ0n) is 31.7. The molecular formula is C40H52N6O8. The highest BCUT2D eigenvalue weighted by atomic mass is 16.6.